The Morgan fingerprint density at radius 2 is 1.82 bits per heavy atom. The summed E-state index contributed by atoms with van der Waals surface area (Å²) in [6.45, 7) is 8.28. The Morgan fingerprint density at radius 1 is 1.12 bits per heavy atom. The third-order valence-electron chi connectivity index (χ3n) is 4.21. The molecule has 1 aliphatic heterocycles. The van der Waals surface area contributed by atoms with E-state index in [0.717, 1.165) is 5.92 Å². The zero-order valence-electron chi connectivity index (χ0n) is 11.6. The lowest BCUT2D eigenvalue weighted by molar-refractivity contribution is 0.219. The van der Waals surface area contributed by atoms with Gasteiger partial charge in [0.15, 0.2) is 0 Å². The standard InChI is InChI=1S/C16H25N/c1-12-9-14(3)17(4)11-13(2)16-8-6-5-7-15(16)10-12/h5-8,12-14H,9-11H2,1-4H3. The summed E-state index contributed by atoms with van der Waals surface area (Å²) in [5.41, 5.74) is 3.12. The topological polar surface area (TPSA) is 3.24 Å². The van der Waals surface area contributed by atoms with Gasteiger partial charge in [-0.1, -0.05) is 38.1 Å². The van der Waals surface area contributed by atoms with Crippen LogP contribution in [0.3, 0.4) is 0 Å². The molecular weight excluding hydrogens is 206 g/mol. The fourth-order valence-corrected chi connectivity index (χ4v) is 3.13. The molecule has 3 atom stereocenters. The van der Waals surface area contributed by atoms with Crippen LogP contribution < -0.4 is 0 Å². The maximum Gasteiger partial charge on any atom is 0.00667 e. The highest BCUT2D eigenvalue weighted by Crippen LogP contribution is 2.27. The van der Waals surface area contributed by atoms with Gasteiger partial charge in [-0.25, -0.2) is 0 Å². The highest BCUT2D eigenvalue weighted by Gasteiger charge is 2.21. The first kappa shape index (κ1) is 12.6. The second-order valence-corrected chi connectivity index (χ2v) is 5.93. The fourth-order valence-electron chi connectivity index (χ4n) is 3.13. The molecule has 0 aliphatic carbocycles. The van der Waals surface area contributed by atoms with Crippen LogP contribution in [-0.2, 0) is 6.42 Å². The maximum atomic E-state index is 2.52. The van der Waals surface area contributed by atoms with Gasteiger partial charge in [0, 0.05) is 12.6 Å². The molecule has 94 valence electrons. The molecule has 0 bridgehead atoms. The van der Waals surface area contributed by atoms with Gasteiger partial charge < -0.3 is 4.90 Å². The number of likely N-dealkylation sites (N-methyl/N-ethyl adjacent to an activating group) is 1. The smallest absolute Gasteiger partial charge is 0.00667 e. The molecule has 1 aromatic rings. The third kappa shape index (κ3) is 2.90. The van der Waals surface area contributed by atoms with E-state index in [1.54, 1.807) is 11.1 Å². The molecular formula is C16H25N. The van der Waals surface area contributed by atoms with E-state index >= 15 is 0 Å². The molecule has 1 aromatic carbocycles. The van der Waals surface area contributed by atoms with Gasteiger partial charge in [0.2, 0.25) is 0 Å². The Kier molecular flexibility index (Phi) is 3.88. The number of fused-ring (bicyclic) bond motifs is 1. The highest BCUT2D eigenvalue weighted by molar-refractivity contribution is 5.31. The molecule has 0 saturated heterocycles. The van der Waals surface area contributed by atoms with Gasteiger partial charge in [-0.2, -0.15) is 0 Å². The molecule has 17 heavy (non-hydrogen) atoms. The van der Waals surface area contributed by atoms with Crippen molar-refractivity contribution in [3.63, 3.8) is 0 Å². The van der Waals surface area contributed by atoms with Crippen molar-refractivity contribution in [1.29, 1.82) is 0 Å². The monoisotopic (exact) mass is 231 g/mol. The summed E-state index contributed by atoms with van der Waals surface area (Å²) < 4.78 is 0. The maximum absolute atomic E-state index is 2.52. The second kappa shape index (κ2) is 5.22. The van der Waals surface area contributed by atoms with Crippen LogP contribution in [0.1, 0.15) is 44.2 Å². The van der Waals surface area contributed by atoms with Gasteiger partial charge >= 0.3 is 0 Å². The minimum absolute atomic E-state index is 0.643. The molecule has 0 spiro atoms. The van der Waals surface area contributed by atoms with E-state index in [0.29, 0.717) is 12.0 Å². The number of hydrogen-bond acceptors (Lipinski definition) is 1. The molecule has 1 heterocycles. The summed E-state index contributed by atoms with van der Waals surface area (Å²) in [5.74, 6) is 1.42. The van der Waals surface area contributed by atoms with Crippen LogP contribution in [0.15, 0.2) is 24.3 Å². The minimum Gasteiger partial charge on any atom is -0.303 e. The average molecular weight is 231 g/mol. The van der Waals surface area contributed by atoms with Crippen LogP contribution in [0.5, 0.6) is 0 Å². The van der Waals surface area contributed by atoms with Gasteiger partial charge in [-0.15, -0.1) is 0 Å². The van der Waals surface area contributed by atoms with E-state index in [2.05, 4.69) is 57.0 Å². The van der Waals surface area contributed by atoms with E-state index in [9.17, 15) is 0 Å². The average Bonchev–Trinajstić information content (AvgIpc) is 2.31. The van der Waals surface area contributed by atoms with Crippen molar-refractivity contribution in [2.45, 2.75) is 45.6 Å². The third-order valence-corrected chi connectivity index (χ3v) is 4.21. The molecule has 2 rings (SSSR count). The molecule has 0 fully saturated rings. The second-order valence-electron chi connectivity index (χ2n) is 5.93. The summed E-state index contributed by atoms with van der Waals surface area (Å²) in [7, 11) is 2.27. The van der Waals surface area contributed by atoms with Gasteiger partial charge in [0.05, 0.1) is 0 Å². The van der Waals surface area contributed by atoms with Gasteiger partial charge in [-0.3, -0.25) is 0 Å². The quantitative estimate of drug-likeness (QED) is 0.658. The lowest BCUT2D eigenvalue weighted by atomic mass is 9.90. The summed E-state index contributed by atoms with van der Waals surface area (Å²) in [6, 6.07) is 9.70. The first-order valence-electron chi connectivity index (χ1n) is 6.86. The lowest BCUT2D eigenvalue weighted by Crippen LogP contribution is -2.32. The Labute approximate surface area is 106 Å². The zero-order valence-corrected chi connectivity index (χ0v) is 11.6. The van der Waals surface area contributed by atoms with Crippen molar-refractivity contribution in [2.75, 3.05) is 13.6 Å². The molecule has 3 unspecified atom stereocenters. The van der Waals surface area contributed by atoms with Crippen LogP contribution in [0.4, 0.5) is 0 Å². The molecule has 0 N–H and O–H groups in total. The Balaban J connectivity index is 2.32. The first-order valence-corrected chi connectivity index (χ1v) is 6.86. The zero-order chi connectivity index (χ0) is 12.4. The van der Waals surface area contributed by atoms with Gasteiger partial charge in [-0.05, 0) is 49.8 Å². The van der Waals surface area contributed by atoms with E-state index in [1.165, 1.54) is 19.4 Å². The van der Waals surface area contributed by atoms with Crippen molar-refractivity contribution in [3.05, 3.63) is 35.4 Å². The van der Waals surface area contributed by atoms with Crippen molar-refractivity contribution in [3.8, 4) is 0 Å². The number of rotatable bonds is 0. The SMILES string of the molecule is CC1Cc2ccccc2C(C)CN(C)C(C)C1. The lowest BCUT2D eigenvalue weighted by Gasteiger charge is -2.27. The van der Waals surface area contributed by atoms with Gasteiger partial charge in [0.25, 0.3) is 0 Å². The largest absolute Gasteiger partial charge is 0.303 e. The van der Waals surface area contributed by atoms with Crippen LogP contribution in [0.25, 0.3) is 0 Å². The molecule has 0 saturated carbocycles. The fraction of sp³-hybridized carbons (Fsp3) is 0.625. The van der Waals surface area contributed by atoms with Crippen molar-refractivity contribution in [2.24, 2.45) is 5.92 Å². The Bertz CT molecular complexity index is 372. The minimum atomic E-state index is 0.643. The predicted octanol–water partition coefficient (Wildman–Crippen LogP) is 3.69. The number of hydrogen-bond donors (Lipinski definition) is 0. The van der Waals surface area contributed by atoms with Crippen LogP contribution in [0, 0.1) is 5.92 Å². The van der Waals surface area contributed by atoms with E-state index in [4.69, 9.17) is 0 Å². The molecule has 1 nitrogen and oxygen atoms in total. The van der Waals surface area contributed by atoms with Gasteiger partial charge in [0.1, 0.15) is 0 Å². The highest BCUT2D eigenvalue weighted by atomic mass is 15.1. The van der Waals surface area contributed by atoms with E-state index in [1.807, 2.05) is 0 Å². The molecule has 1 aliphatic rings. The molecule has 0 radical (unpaired) electrons. The van der Waals surface area contributed by atoms with E-state index < -0.39 is 0 Å². The van der Waals surface area contributed by atoms with Crippen molar-refractivity contribution < 1.29 is 0 Å². The summed E-state index contributed by atoms with van der Waals surface area (Å²) in [4.78, 5) is 2.52. The summed E-state index contributed by atoms with van der Waals surface area (Å²) in [6.07, 6.45) is 2.54. The van der Waals surface area contributed by atoms with Crippen molar-refractivity contribution >= 4 is 0 Å². The normalized spacial score (nSPS) is 31.2. The predicted molar refractivity (Wildman–Crippen MR) is 74.4 cm³/mol. The summed E-state index contributed by atoms with van der Waals surface area (Å²) >= 11 is 0. The summed E-state index contributed by atoms with van der Waals surface area (Å²) in [5, 5.41) is 0. The molecule has 0 amide bonds. The van der Waals surface area contributed by atoms with Crippen LogP contribution >= 0.6 is 0 Å². The van der Waals surface area contributed by atoms with E-state index in [-0.39, 0.29) is 0 Å². The molecule has 0 aromatic heterocycles. The number of benzene rings is 1. The Hall–Kier alpha value is -0.820. The molecule has 1 heteroatoms. The van der Waals surface area contributed by atoms with Crippen LogP contribution in [0.2, 0.25) is 0 Å². The van der Waals surface area contributed by atoms with Crippen LogP contribution in [-0.4, -0.2) is 24.5 Å². The van der Waals surface area contributed by atoms with Crippen molar-refractivity contribution in [1.82, 2.24) is 4.90 Å². The Morgan fingerprint density at radius 3 is 2.59 bits per heavy atom. The number of nitrogens with zero attached hydrogens (tertiary/aromatic N) is 1. The first-order chi connectivity index (χ1) is 8.08.